The van der Waals surface area contributed by atoms with Gasteiger partial charge >= 0.3 is 0 Å². The van der Waals surface area contributed by atoms with Gasteiger partial charge in [-0.05, 0) is 54.5 Å². The second-order valence-electron chi connectivity index (χ2n) is 7.33. The van der Waals surface area contributed by atoms with Crippen molar-refractivity contribution in [3.63, 3.8) is 0 Å². The fraction of sp³-hybridized carbons (Fsp3) is 0.364. The van der Waals surface area contributed by atoms with Crippen LogP contribution < -0.4 is 0 Å². The molecule has 0 saturated carbocycles. The van der Waals surface area contributed by atoms with E-state index in [2.05, 4.69) is 75.0 Å². The first-order chi connectivity index (χ1) is 17.5. The third-order valence-electron chi connectivity index (χ3n) is 4.60. The Labute approximate surface area is 244 Å². The van der Waals surface area contributed by atoms with Crippen molar-refractivity contribution < 1.29 is 23.5 Å². The molecule has 0 aliphatic rings. The van der Waals surface area contributed by atoms with Crippen LogP contribution in [0.2, 0.25) is 0 Å². The lowest BCUT2D eigenvalue weighted by Crippen LogP contribution is -2.25. The largest absolute Gasteiger partial charge is 0.361 e. The molecule has 200 valence electrons. The summed E-state index contributed by atoms with van der Waals surface area (Å²) < 4.78 is 15.8. The van der Waals surface area contributed by atoms with Crippen LogP contribution >= 0.6 is 54.5 Å². The third kappa shape index (κ3) is 8.86. The van der Waals surface area contributed by atoms with Crippen molar-refractivity contribution in [2.24, 2.45) is 14.1 Å². The van der Waals surface area contributed by atoms with Gasteiger partial charge in [0.15, 0.2) is 11.4 Å². The molecule has 0 N–H and O–H groups in total. The Morgan fingerprint density at radius 1 is 0.973 bits per heavy atom. The predicted molar refractivity (Wildman–Crippen MR) is 149 cm³/mol. The number of aryl methyl sites for hydroxylation is 4. The van der Waals surface area contributed by atoms with Crippen molar-refractivity contribution in [2.45, 2.75) is 26.7 Å². The van der Waals surface area contributed by atoms with Crippen molar-refractivity contribution in [1.82, 2.24) is 34.9 Å². The molecule has 4 aromatic heterocycles. The van der Waals surface area contributed by atoms with E-state index in [1.165, 1.54) is 14.2 Å². The molecule has 15 heteroatoms. The van der Waals surface area contributed by atoms with Gasteiger partial charge in [0.25, 0.3) is 5.91 Å². The van der Waals surface area contributed by atoms with E-state index in [0.29, 0.717) is 33.8 Å². The Balaban J connectivity index is 0.000000206. The van der Waals surface area contributed by atoms with Crippen molar-refractivity contribution in [3.05, 3.63) is 65.8 Å². The predicted octanol–water partition coefficient (Wildman–Crippen LogP) is 4.62. The first kappa shape index (κ1) is 30.9. The van der Waals surface area contributed by atoms with Crippen LogP contribution in [0, 0.1) is 3.57 Å². The normalized spacial score (nSPS) is 10.3. The summed E-state index contributed by atoms with van der Waals surface area (Å²) in [6.07, 6.45) is 5.03. The molecule has 4 aromatic rings. The van der Waals surface area contributed by atoms with E-state index in [1.807, 2.05) is 27.1 Å². The fourth-order valence-corrected chi connectivity index (χ4v) is 3.99. The fourth-order valence-electron chi connectivity index (χ4n) is 2.60. The van der Waals surface area contributed by atoms with E-state index in [0.717, 1.165) is 19.7 Å². The first-order valence-corrected chi connectivity index (χ1v) is 13.5. The molecule has 0 aromatic carbocycles. The zero-order valence-electron chi connectivity index (χ0n) is 21.0. The van der Waals surface area contributed by atoms with Crippen LogP contribution in [0.3, 0.4) is 0 Å². The van der Waals surface area contributed by atoms with Crippen LogP contribution in [0.1, 0.15) is 51.9 Å². The highest BCUT2D eigenvalue weighted by atomic mass is 127. The molecule has 0 bridgehead atoms. The molecule has 0 aliphatic carbocycles. The van der Waals surface area contributed by atoms with Crippen LogP contribution in [0.5, 0.6) is 0 Å². The van der Waals surface area contributed by atoms with Gasteiger partial charge in [-0.3, -0.25) is 23.8 Å². The number of rotatable bonds is 6. The molecular formula is C22H26Br2IN7O5. The Morgan fingerprint density at radius 2 is 1.49 bits per heavy atom. The Kier molecular flexibility index (Phi) is 12.1. The molecule has 37 heavy (non-hydrogen) atoms. The Hall–Kier alpha value is -2.37. The average molecular weight is 755 g/mol. The van der Waals surface area contributed by atoms with Gasteiger partial charge in [-0.2, -0.15) is 10.2 Å². The number of hydroxylamine groups is 2. The average Bonchev–Trinajstić information content (AvgIpc) is 3.66. The van der Waals surface area contributed by atoms with E-state index in [4.69, 9.17) is 13.9 Å². The highest BCUT2D eigenvalue weighted by Crippen LogP contribution is 2.18. The number of amides is 1. The van der Waals surface area contributed by atoms with E-state index < -0.39 is 0 Å². The number of carbonyl (C=O) groups excluding carboxylic acids is 2. The molecule has 12 nitrogen and oxygen atoms in total. The van der Waals surface area contributed by atoms with Crippen LogP contribution in [0.15, 0.2) is 42.8 Å². The SMILES string of the molecule is CCc1cc(C(=O)N(C)OC)no1.CCc1cc(C(=O)c2cn(C)nc2Br)no1.Cn1cc(I)c(Br)n1. The van der Waals surface area contributed by atoms with E-state index in [-0.39, 0.29) is 17.4 Å². The highest BCUT2D eigenvalue weighted by molar-refractivity contribution is 14.1. The number of hydrogen-bond donors (Lipinski definition) is 0. The summed E-state index contributed by atoms with van der Waals surface area (Å²) in [5, 5.41) is 16.5. The molecule has 1 amide bonds. The summed E-state index contributed by atoms with van der Waals surface area (Å²) in [5.41, 5.74) is 1.06. The summed E-state index contributed by atoms with van der Waals surface area (Å²) in [6, 6.07) is 3.26. The minimum atomic E-state index is -0.314. The lowest BCUT2D eigenvalue weighted by atomic mass is 10.1. The monoisotopic (exact) mass is 753 g/mol. The van der Waals surface area contributed by atoms with Gasteiger partial charge in [0.2, 0.25) is 5.78 Å². The zero-order valence-corrected chi connectivity index (χ0v) is 26.4. The van der Waals surface area contributed by atoms with Crippen molar-refractivity contribution in [2.75, 3.05) is 14.2 Å². The molecule has 0 saturated heterocycles. The first-order valence-electron chi connectivity index (χ1n) is 10.8. The van der Waals surface area contributed by atoms with Crippen LogP contribution in [0.4, 0.5) is 0 Å². The molecule has 0 atom stereocenters. The van der Waals surface area contributed by atoms with E-state index >= 15 is 0 Å². The van der Waals surface area contributed by atoms with Crippen LogP contribution in [-0.4, -0.2) is 60.8 Å². The Bertz CT molecular complexity index is 1310. The number of carbonyl (C=O) groups is 2. The molecule has 0 spiro atoms. The van der Waals surface area contributed by atoms with Gasteiger partial charge in [0.1, 0.15) is 20.7 Å². The number of ketones is 1. The molecule has 0 unspecified atom stereocenters. The third-order valence-corrected chi connectivity index (χ3v) is 7.30. The second kappa shape index (κ2) is 14.5. The minimum Gasteiger partial charge on any atom is -0.361 e. The molecule has 0 radical (unpaired) electrons. The lowest BCUT2D eigenvalue weighted by molar-refractivity contribution is -0.0762. The van der Waals surface area contributed by atoms with Gasteiger partial charge in [-0.15, -0.1) is 0 Å². The summed E-state index contributed by atoms with van der Waals surface area (Å²) in [7, 11) is 6.58. The number of aromatic nitrogens is 6. The number of hydrogen-bond acceptors (Lipinski definition) is 9. The summed E-state index contributed by atoms with van der Waals surface area (Å²) in [5.74, 6) is 0.880. The van der Waals surface area contributed by atoms with Gasteiger partial charge in [-0.25, -0.2) is 5.06 Å². The summed E-state index contributed by atoms with van der Waals surface area (Å²) in [4.78, 5) is 28.1. The lowest BCUT2D eigenvalue weighted by Gasteiger charge is -2.10. The minimum absolute atomic E-state index is 0.191. The maximum absolute atomic E-state index is 12.0. The maximum Gasteiger partial charge on any atom is 0.299 e. The molecule has 0 aliphatic heterocycles. The molecule has 0 fully saturated rings. The van der Waals surface area contributed by atoms with Crippen molar-refractivity contribution in [1.29, 1.82) is 0 Å². The number of nitrogens with zero attached hydrogens (tertiary/aromatic N) is 7. The molecule has 4 heterocycles. The van der Waals surface area contributed by atoms with E-state index in [1.54, 1.807) is 34.7 Å². The van der Waals surface area contributed by atoms with Crippen LogP contribution in [0.25, 0.3) is 0 Å². The van der Waals surface area contributed by atoms with Crippen molar-refractivity contribution in [3.8, 4) is 0 Å². The van der Waals surface area contributed by atoms with E-state index in [9.17, 15) is 9.59 Å². The van der Waals surface area contributed by atoms with Gasteiger partial charge in [0.05, 0.1) is 16.2 Å². The quantitative estimate of drug-likeness (QED) is 0.157. The standard InChI is InChI=1S/C10H10BrN3O2.C8H12N2O3.C4H4BrIN2/c1-3-6-4-8(13-16-6)9(15)7-5-14(2)12-10(7)11;1-4-6-5-7(9-13-6)8(11)10(2)12-3;1-8-2-3(6)4(5)7-8/h4-5H,3H2,1-2H3;5H,4H2,1-3H3;2H,1H3. The van der Waals surface area contributed by atoms with Gasteiger partial charge < -0.3 is 9.05 Å². The zero-order chi connectivity index (χ0) is 27.7. The molecular weight excluding hydrogens is 729 g/mol. The topological polar surface area (TPSA) is 134 Å². The molecule has 4 rings (SSSR count). The van der Waals surface area contributed by atoms with Crippen molar-refractivity contribution >= 4 is 66.1 Å². The van der Waals surface area contributed by atoms with Gasteiger partial charge in [-0.1, -0.05) is 24.2 Å². The summed E-state index contributed by atoms with van der Waals surface area (Å²) in [6.45, 7) is 3.86. The van der Waals surface area contributed by atoms with Gasteiger partial charge in [0, 0.05) is 58.5 Å². The highest BCUT2D eigenvalue weighted by Gasteiger charge is 2.19. The summed E-state index contributed by atoms with van der Waals surface area (Å²) >= 11 is 8.72. The number of halogens is 3. The second-order valence-corrected chi connectivity index (χ2v) is 9.99. The maximum atomic E-state index is 12.0. The van der Waals surface area contributed by atoms with Crippen LogP contribution in [-0.2, 0) is 31.8 Å². The Morgan fingerprint density at radius 3 is 1.86 bits per heavy atom. The smallest absolute Gasteiger partial charge is 0.299 e.